The van der Waals surface area contributed by atoms with Crippen molar-refractivity contribution in [2.75, 3.05) is 40.9 Å². The fraction of sp³-hybridized carbons (Fsp3) is 0.953. The monoisotopic (exact) mass is 1050 g/mol. The molecule has 436 valence electrons. The molecular weight excluding hydrogens is 924 g/mol. The van der Waals surface area contributed by atoms with Gasteiger partial charge >= 0.3 is 0 Å². The number of amides is 1. The number of nitrogens with one attached hydrogen (secondary N) is 1. The number of nitrogens with zero attached hydrogens (tertiary/aromatic N) is 1. The summed E-state index contributed by atoms with van der Waals surface area (Å²) >= 11 is 0. The Bertz CT molecular complexity index is 1200. The number of phosphoric ester groups is 1. The van der Waals surface area contributed by atoms with E-state index in [0.29, 0.717) is 17.4 Å². The Labute approximate surface area is 456 Å². The summed E-state index contributed by atoms with van der Waals surface area (Å²) in [6.07, 6.45) is 70.3. The van der Waals surface area contributed by atoms with Crippen molar-refractivity contribution >= 4 is 13.7 Å². The highest BCUT2D eigenvalue weighted by Crippen LogP contribution is 2.38. The second-order valence-electron chi connectivity index (χ2n) is 23.8. The lowest BCUT2D eigenvalue weighted by atomic mass is 10.0. The smallest absolute Gasteiger partial charge is 0.268 e. The number of unbranched alkanes of at least 4 members (excludes halogenated alkanes) is 48. The topological polar surface area (TPSA) is 108 Å². The molecule has 1 amide bonds. The Hall–Kier alpha value is -0.760. The molecule has 0 radical (unpaired) electrons. The molecule has 2 N–H and O–H groups in total. The van der Waals surface area contributed by atoms with E-state index in [4.69, 9.17) is 9.05 Å². The molecule has 0 aliphatic heterocycles. The predicted octanol–water partition coefficient (Wildman–Crippen LogP) is 19.5. The molecule has 0 bridgehead atoms. The molecule has 0 heterocycles. The minimum Gasteiger partial charge on any atom is -0.756 e. The summed E-state index contributed by atoms with van der Waals surface area (Å²) < 4.78 is 23.4. The first-order chi connectivity index (χ1) is 35.5. The highest BCUT2D eigenvalue weighted by molar-refractivity contribution is 7.45. The van der Waals surface area contributed by atoms with Crippen LogP contribution in [0.25, 0.3) is 0 Å². The number of aliphatic hydroxyl groups excluding tert-OH is 1. The normalized spacial score (nSPS) is 13.8. The lowest BCUT2D eigenvalue weighted by Gasteiger charge is -2.29. The third kappa shape index (κ3) is 58.8. The van der Waals surface area contributed by atoms with E-state index < -0.39 is 20.0 Å². The van der Waals surface area contributed by atoms with Crippen LogP contribution in [-0.2, 0) is 18.4 Å². The van der Waals surface area contributed by atoms with Crippen molar-refractivity contribution in [2.45, 2.75) is 353 Å². The van der Waals surface area contributed by atoms with Crippen LogP contribution in [0, 0.1) is 0 Å². The molecule has 3 unspecified atom stereocenters. The van der Waals surface area contributed by atoms with Gasteiger partial charge in [-0.1, -0.05) is 328 Å². The van der Waals surface area contributed by atoms with Gasteiger partial charge in [-0.15, -0.1) is 0 Å². The first-order valence-corrected chi connectivity index (χ1v) is 34.0. The highest BCUT2D eigenvalue weighted by Gasteiger charge is 2.23. The van der Waals surface area contributed by atoms with Gasteiger partial charge < -0.3 is 28.8 Å². The molecule has 0 aliphatic rings. The number of quaternary nitrogens is 1. The van der Waals surface area contributed by atoms with Crippen LogP contribution in [0.1, 0.15) is 341 Å². The number of hydrogen-bond acceptors (Lipinski definition) is 6. The van der Waals surface area contributed by atoms with Crippen LogP contribution >= 0.6 is 7.82 Å². The lowest BCUT2D eigenvalue weighted by molar-refractivity contribution is -0.870. The van der Waals surface area contributed by atoms with Crippen molar-refractivity contribution in [1.29, 1.82) is 0 Å². The number of phosphoric acid groups is 1. The average Bonchev–Trinajstić information content (AvgIpc) is 3.35. The molecule has 0 rings (SSSR count). The second-order valence-corrected chi connectivity index (χ2v) is 25.2. The molecule has 0 fully saturated rings. The van der Waals surface area contributed by atoms with Crippen LogP contribution in [0.15, 0.2) is 12.2 Å². The van der Waals surface area contributed by atoms with Crippen molar-refractivity contribution < 1.29 is 32.9 Å². The molecule has 3 atom stereocenters. The summed E-state index contributed by atoms with van der Waals surface area (Å²) in [4.78, 5) is 25.6. The van der Waals surface area contributed by atoms with Gasteiger partial charge in [-0.3, -0.25) is 9.36 Å². The van der Waals surface area contributed by atoms with Crippen LogP contribution in [0.3, 0.4) is 0 Å². The van der Waals surface area contributed by atoms with Gasteiger partial charge in [-0.25, -0.2) is 0 Å². The number of hydrogen-bond donors (Lipinski definition) is 2. The largest absolute Gasteiger partial charge is 0.756 e. The van der Waals surface area contributed by atoms with E-state index >= 15 is 0 Å². The third-order valence-corrected chi connectivity index (χ3v) is 16.2. The maximum absolute atomic E-state index is 13.0. The first-order valence-electron chi connectivity index (χ1n) is 32.6. The Morgan fingerprint density at radius 2 is 0.740 bits per heavy atom. The summed E-state index contributed by atoms with van der Waals surface area (Å²) in [6.45, 7) is 4.72. The minimum atomic E-state index is -4.60. The lowest BCUT2D eigenvalue weighted by Crippen LogP contribution is -2.45. The van der Waals surface area contributed by atoms with E-state index in [2.05, 4.69) is 19.2 Å². The van der Waals surface area contributed by atoms with E-state index in [-0.39, 0.29) is 19.1 Å². The van der Waals surface area contributed by atoms with Crippen molar-refractivity contribution in [3.63, 3.8) is 0 Å². The molecule has 0 saturated carbocycles. The number of carbonyl (C=O) groups is 1. The Morgan fingerprint density at radius 1 is 0.466 bits per heavy atom. The summed E-state index contributed by atoms with van der Waals surface area (Å²) in [5, 5.41) is 13.9. The van der Waals surface area contributed by atoms with Gasteiger partial charge in [0.25, 0.3) is 7.82 Å². The van der Waals surface area contributed by atoms with Gasteiger partial charge in [0, 0.05) is 6.42 Å². The average molecular weight is 1050 g/mol. The quantitative estimate of drug-likeness (QED) is 0.0272. The fourth-order valence-electron chi connectivity index (χ4n) is 10.2. The van der Waals surface area contributed by atoms with Gasteiger partial charge in [0.1, 0.15) is 13.2 Å². The molecule has 0 aromatic carbocycles. The zero-order valence-corrected chi connectivity index (χ0v) is 50.8. The van der Waals surface area contributed by atoms with Crippen molar-refractivity contribution in [3.05, 3.63) is 12.2 Å². The number of likely N-dealkylation sites (N-methyl/N-ethyl adjacent to an activating group) is 1. The van der Waals surface area contributed by atoms with Crippen molar-refractivity contribution in [3.8, 4) is 0 Å². The Balaban J connectivity index is 4.09. The number of allylic oxidation sites excluding steroid dienone is 1. The van der Waals surface area contributed by atoms with E-state index in [1.807, 2.05) is 27.2 Å². The van der Waals surface area contributed by atoms with Crippen LogP contribution in [-0.4, -0.2) is 68.5 Å². The second kappa shape index (κ2) is 56.0. The van der Waals surface area contributed by atoms with Gasteiger partial charge in [-0.05, 0) is 19.3 Å². The van der Waals surface area contributed by atoms with E-state index in [1.165, 1.54) is 283 Å². The van der Waals surface area contributed by atoms with Gasteiger partial charge in [0.2, 0.25) is 5.91 Å². The van der Waals surface area contributed by atoms with Crippen LogP contribution in [0.4, 0.5) is 0 Å². The minimum absolute atomic E-state index is 0.00291. The number of aliphatic hydroxyl groups is 1. The van der Waals surface area contributed by atoms with E-state index in [9.17, 15) is 19.4 Å². The molecule has 0 aromatic heterocycles. The van der Waals surface area contributed by atoms with Gasteiger partial charge in [0.05, 0.1) is 39.9 Å². The molecule has 0 saturated heterocycles. The molecule has 0 spiro atoms. The predicted molar refractivity (Wildman–Crippen MR) is 316 cm³/mol. The number of carbonyl (C=O) groups excluding carboxylic acids is 1. The standard InChI is InChI=1S/C64H129N2O6P/c1-6-8-10-12-14-16-18-20-22-24-26-28-30-31-32-33-34-36-37-39-41-43-45-47-49-51-53-55-57-63(67)62(61-72-73(69,70)71-60-59-66(3,4)5)65-64(68)58-56-54-52-50-48-46-44-42-40-38-35-29-27-25-23-21-19-17-15-13-11-9-7-2/h55,57,62-63,67H,6-54,56,58-61H2,1-5H3,(H-,65,68,69,70)/b57-55+. The molecule has 8 nitrogen and oxygen atoms in total. The number of rotatable bonds is 61. The summed E-state index contributed by atoms with van der Waals surface area (Å²) in [5.74, 6) is -0.188. The zero-order chi connectivity index (χ0) is 53.5. The van der Waals surface area contributed by atoms with Crippen LogP contribution in [0.5, 0.6) is 0 Å². The van der Waals surface area contributed by atoms with E-state index in [0.717, 1.165) is 38.5 Å². The highest BCUT2D eigenvalue weighted by atomic mass is 31.2. The first kappa shape index (κ1) is 72.2. The summed E-state index contributed by atoms with van der Waals surface area (Å²) in [5.41, 5.74) is 0. The molecule has 73 heavy (non-hydrogen) atoms. The summed E-state index contributed by atoms with van der Waals surface area (Å²) in [6, 6.07) is -0.883. The Morgan fingerprint density at radius 3 is 1.03 bits per heavy atom. The van der Waals surface area contributed by atoms with Gasteiger partial charge in [0.15, 0.2) is 0 Å². The summed E-state index contributed by atoms with van der Waals surface area (Å²) in [7, 11) is 1.28. The SMILES string of the molecule is CCCCCCCCCCCCCCCCCCCCCCCCCCCC/C=C/C(O)C(COP(=O)([O-])OCC[N+](C)(C)C)NC(=O)CCCCCCCCCCCCCCCCCCCCCCCCC. The van der Waals surface area contributed by atoms with Crippen molar-refractivity contribution in [1.82, 2.24) is 5.32 Å². The van der Waals surface area contributed by atoms with E-state index in [1.54, 1.807) is 6.08 Å². The van der Waals surface area contributed by atoms with Crippen molar-refractivity contribution in [2.24, 2.45) is 0 Å². The fourth-order valence-corrected chi connectivity index (χ4v) is 10.9. The zero-order valence-electron chi connectivity index (χ0n) is 49.9. The molecule has 9 heteroatoms. The molecule has 0 aliphatic carbocycles. The maximum atomic E-state index is 13.0. The molecular formula is C64H129N2O6P. The Kier molecular flexibility index (Phi) is 55.4. The van der Waals surface area contributed by atoms with Crippen LogP contribution < -0.4 is 10.2 Å². The molecule has 0 aromatic rings. The van der Waals surface area contributed by atoms with Gasteiger partial charge in [-0.2, -0.15) is 0 Å². The third-order valence-electron chi connectivity index (χ3n) is 15.2. The van der Waals surface area contributed by atoms with Crippen LogP contribution in [0.2, 0.25) is 0 Å². The maximum Gasteiger partial charge on any atom is 0.268 e.